The number of ether oxygens (including phenoxy) is 1. The molecule has 1 N–H and O–H groups in total. The minimum absolute atomic E-state index is 0.176. The highest BCUT2D eigenvalue weighted by Gasteiger charge is 2.30. The standard InChI is InChI=1S/C15H16FNO3/c1-4-13(11-6-8-12(16)9-7-11)14(17-10(3)18)15(19)20-5-2/h1,6-9,13-14H,5H2,2-3H3,(H,17,18)/t13-,14+/m1/s1. The van der Waals surface area contributed by atoms with Gasteiger partial charge in [0, 0.05) is 6.92 Å². The predicted octanol–water partition coefficient (Wildman–Crippen LogP) is 1.61. The van der Waals surface area contributed by atoms with E-state index in [2.05, 4.69) is 11.2 Å². The maximum atomic E-state index is 12.9. The monoisotopic (exact) mass is 277 g/mol. The summed E-state index contributed by atoms with van der Waals surface area (Å²) in [7, 11) is 0. The van der Waals surface area contributed by atoms with Crippen LogP contribution in [0.25, 0.3) is 0 Å². The van der Waals surface area contributed by atoms with E-state index >= 15 is 0 Å². The zero-order valence-electron chi connectivity index (χ0n) is 11.4. The van der Waals surface area contributed by atoms with Gasteiger partial charge in [0.15, 0.2) is 0 Å². The van der Waals surface area contributed by atoms with Gasteiger partial charge in [-0.3, -0.25) is 4.79 Å². The van der Waals surface area contributed by atoms with Gasteiger partial charge in [-0.05, 0) is 24.6 Å². The first-order valence-electron chi connectivity index (χ1n) is 6.15. The molecule has 1 amide bonds. The first-order chi connectivity index (χ1) is 9.49. The Kier molecular flexibility index (Phi) is 5.73. The van der Waals surface area contributed by atoms with Crippen molar-refractivity contribution in [3.8, 4) is 12.3 Å². The number of hydrogen-bond acceptors (Lipinski definition) is 3. The Bertz CT molecular complexity index is 519. The minimum atomic E-state index is -0.997. The molecule has 0 heterocycles. The molecule has 4 nitrogen and oxygen atoms in total. The van der Waals surface area contributed by atoms with Crippen molar-refractivity contribution in [2.45, 2.75) is 25.8 Å². The summed E-state index contributed by atoms with van der Waals surface area (Å²) in [6.07, 6.45) is 5.45. The van der Waals surface area contributed by atoms with Crippen LogP contribution in [0.1, 0.15) is 25.3 Å². The fourth-order valence-corrected chi connectivity index (χ4v) is 1.78. The quantitative estimate of drug-likeness (QED) is 0.657. The Labute approximate surface area is 117 Å². The summed E-state index contributed by atoms with van der Waals surface area (Å²) in [4.78, 5) is 23.1. The highest BCUT2D eigenvalue weighted by atomic mass is 19.1. The van der Waals surface area contributed by atoms with Crippen molar-refractivity contribution in [3.05, 3.63) is 35.6 Å². The third-order valence-electron chi connectivity index (χ3n) is 2.64. The molecule has 5 heteroatoms. The Hall–Kier alpha value is -2.35. The fourth-order valence-electron chi connectivity index (χ4n) is 1.78. The van der Waals surface area contributed by atoms with Gasteiger partial charge in [-0.15, -0.1) is 6.42 Å². The second kappa shape index (κ2) is 7.29. The first-order valence-corrected chi connectivity index (χ1v) is 6.15. The van der Waals surface area contributed by atoms with E-state index in [1.54, 1.807) is 6.92 Å². The fraction of sp³-hybridized carbons (Fsp3) is 0.333. The first kappa shape index (κ1) is 15.7. The average Bonchev–Trinajstić information content (AvgIpc) is 2.40. The lowest BCUT2D eigenvalue weighted by atomic mass is 9.92. The highest BCUT2D eigenvalue weighted by molar-refractivity contribution is 5.84. The van der Waals surface area contributed by atoms with Crippen LogP contribution in [0.5, 0.6) is 0 Å². The summed E-state index contributed by atoms with van der Waals surface area (Å²) >= 11 is 0. The molecule has 0 bridgehead atoms. The summed E-state index contributed by atoms with van der Waals surface area (Å²) < 4.78 is 17.8. The van der Waals surface area contributed by atoms with Gasteiger partial charge in [-0.25, -0.2) is 9.18 Å². The Morgan fingerprint density at radius 3 is 2.45 bits per heavy atom. The van der Waals surface area contributed by atoms with Crippen molar-refractivity contribution in [1.82, 2.24) is 5.32 Å². The summed E-state index contributed by atoms with van der Waals surface area (Å²) in [5.74, 6) is 0.302. The number of nitrogens with one attached hydrogen (secondary N) is 1. The third kappa shape index (κ3) is 4.09. The number of rotatable bonds is 5. The van der Waals surface area contributed by atoms with Gasteiger partial charge in [-0.1, -0.05) is 18.1 Å². The normalized spacial score (nSPS) is 12.9. The topological polar surface area (TPSA) is 55.4 Å². The van der Waals surface area contributed by atoms with Crippen molar-refractivity contribution in [3.63, 3.8) is 0 Å². The van der Waals surface area contributed by atoms with E-state index < -0.39 is 29.7 Å². The van der Waals surface area contributed by atoms with Gasteiger partial charge in [0.25, 0.3) is 0 Å². The van der Waals surface area contributed by atoms with Crippen LogP contribution in [0.15, 0.2) is 24.3 Å². The van der Waals surface area contributed by atoms with E-state index in [4.69, 9.17) is 11.2 Å². The molecule has 0 radical (unpaired) electrons. The summed E-state index contributed by atoms with van der Waals surface area (Å²) in [6.45, 7) is 3.12. The largest absolute Gasteiger partial charge is 0.464 e. The van der Waals surface area contributed by atoms with E-state index in [-0.39, 0.29) is 6.61 Å². The lowest BCUT2D eigenvalue weighted by Gasteiger charge is -2.22. The van der Waals surface area contributed by atoms with Crippen molar-refractivity contribution < 1.29 is 18.7 Å². The Morgan fingerprint density at radius 2 is 2.00 bits per heavy atom. The smallest absolute Gasteiger partial charge is 0.330 e. The van der Waals surface area contributed by atoms with Crippen LogP contribution in [-0.2, 0) is 14.3 Å². The van der Waals surface area contributed by atoms with Crippen molar-refractivity contribution in [2.75, 3.05) is 6.61 Å². The van der Waals surface area contributed by atoms with Crippen LogP contribution >= 0.6 is 0 Å². The molecule has 1 aromatic rings. The lowest BCUT2D eigenvalue weighted by molar-refractivity contribution is -0.147. The Balaban J connectivity index is 3.07. The van der Waals surface area contributed by atoms with Crippen molar-refractivity contribution in [1.29, 1.82) is 0 Å². The average molecular weight is 277 g/mol. The molecule has 2 atom stereocenters. The zero-order valence-corrected chi connectivity index (χ0v) is 11.4. The van der Waals surface area contributed by atoms with E-state index in [1.807, 2.05) is 0 Å². The number of amides is 1. The van der Waals surface area contributed by atoms with E-state index in [0.717, 1.165) is 0 Å². The second-order valence-corrected chi connectivity index (χ2v) is 4.13. The SMILES string of the molecule is C#C[C@H](c1ccc(F)cc1)[C@H](NC(C)=O)C(=O)OCC. The molecule has 0 aromatic heterocycles. The number of halogens is 1. The van der Waals surface area contributed by atoms with Crippen LogP contribution in [-0.4, -0.2) is 24.5 Å². The highest BCUT2D eigenvalue weighted by Crippen LogP contribution is 2.20. The molecule has 0 saturated carbocycles. The van der Waals surface area contributed by atoms with Crippen LogP contribution in [0.4, 0.5) is 4.39 Å². The predicted molar refractivity (Wildman–Crippen MR) is 72.2 cm³/mol. The summed E-state index contributed by atoms with van der Waals surface area (Å²) in [5.41, 5.74) is 0.556. The molecular formula is C15H16FNO3. The molecule has 0 spiro atoms. The number of terminal acetylenes is 1. The molecule has 0 aliphatic heterocycles. The van der Waals surface area contributed by atoms with E-state index in [0.29, 0.717) is 5.56 Å². The molecule has 0 aliphatic carbocycles. The summed E-state index contributed by atoms with van der Waals surface area (Å²) in [5, 5.41) is 2.48. The molecule has 1 rings (SSSR count). The lowest BCUT2D eigenvalue weighted by Crippen LogP contribution is -2.44. The maximum absolute atomic E-state index is 12.9. The molecule has 0 unspecified atom stereocenters. The van der Waals surface area contributed by atoms with Crippen LogP contribution in [0.3, 0.4) is 0 Å². The third-order valence-corrected chi connectivity index (χ3v) is 2.64. The Morgan fingerprint density at radius 1 is 1.40 bits per heavy atom. The van der Waals surface area contributed by atoms with E-state index in [9.17, 15) is 14.0 Å². The number of hydrogen-bond donors (Lipinski definition) is 1. The van der Waals surface area contributed by atoms with Gasteiger partial charge in [0.05, 0.1) is 12.5 Å². The molecule has 20 heavy (non-hydrogen) atoms. The summed E-state index contributed by atoms with van der Waals surface area (Å²) in [6, 6.07) is 4.45. The number of carbonyl (C=O) groups excluding carboxylic acids is 2. The van der Waals surface area contributed by atoms with Gasteiger partial charge >= 0.3 is 5.97 Å². The molecule has 1 aromatic carbocycles. The molecule has 106 valence electrons. The maximum Gasteiger partial charge on any atom is 0.330 e. The van der Waals surface area contributed by atoms with Gasteiger partial charge in [0.2, 0.25) is 5.91 Å². The molecule has 0 aliphatic rings. The molecular weight excluding hydrogens is 261 g/mol. The molecule has 0 fully saturated rings. The van der Waals surface area contributed by atoms with Gasteiger partial charge < -0.3 is 10.1 Å². The van der Waals surface area contributed by atoms with Crippen LogP contribution in [0, 0.1) is 18.2 Å². The molecule has 0 saturated heterocycles. The van der Waals surface area contributed by atoms with Crippen LogP contribution < -0.4 is 5.32 Å². The van der Waals surface area contributed by atoms with Crippen molar-refractivity contribution in [2.24, 2.45) is 0 Å². The second-order valence-electron chi connectivity index (χ2n) is 4.13. The zero-order chi connectivity index (χ0) is 15.1. The number of esters is 1. The van der Waals surface area contributed by atoms with Gasteiger partial charge in [-0.2, -0.15) is 0 Å². The van der Waals surface area contributed by atoms with E-state index in [1.165, 1.54) is 31.2 Å². The number of carbonyl (C=O) groups is 2. The van der Waals surface area contributed by atoms with Gasteiger partial charge in [0.1, 0.15) is 11.9 Å². The number of benzene rings is 1. The van der Waals surface area contributed by atoms with Crippen molar-refractivity contribution >= 4 is 11.9 Å². The van der Waals surface area contributed by atoms with Crippen LogP contribution in [0.2, 0.25) is 0 Å². The minimum Gasteiger partial charge on any atom is -0.464 e.